The maximum Gasteiger partial charge on any atom is 0.156 e. The number of hydrogen-bond acceptors (Lipinski definition) is 3. The molecule has 0 unspecified atom stereocenters. The van der Waals surface area contributed by atoms with Crippen LogP contribution in [0, 0.1) is 0 Å². The van der Waals surface area contributed by atoms with Crippen molar-refractivity contribution in [3.05, 3.63) is 23.1 Å². The third kappa shape index (κ3) is 1.07. The number of nitrogen functional groups attached to an aromatic ring is 1. The highest BCUT2D eigenvalue weighted by atomic mass is 79.9. The molecule has 56 valence electrons. The lowest BCUT2D eigenvalue weighted by Crippen LogP contribution is -1.93. The third-order valence-corrected chi connectivity index (χ3v) is 1.69. The molecule has 0 atom stereocenters. The highest BCUT2D eigenvalue weighted by Gasteiger charge is 1.97. The molecule has 0 aliphatic heterocycles. The maximum absolute atomic E-state index is 5.49. The van der Waals surface area contributed by atoms with E-state index in [4.69, 9.17) is 5.73 Å². The second kappa shape index (κ2) is 2.20. The van der Waals surface area contributed by atoms with Gasteiger partial charge in [-0.15, -0.1) is 0 Å². The Kier molecular flexibility index (Phi) is 1.32. The first-order chi connectivity index (χ1) is 5.25. The minimum Gasteiger partial charge on any atom is -0.396 e. The van der Waals surface area contributed by atoms with Gasteiger partial charge < -0.3 is 5.73 Å². The topological polar surface area (TPSA) is 56.2 Å². The molecule has 5 heteroatoms. The fourth-order valence-electron chi connectivity index (χ4n) is 0.862. The lowest BCUT2D eigenvalue weighted by molar-refractivity contribution is 0.930. The number of fused-ring (bicyclic) bond motifs is 1. The van der Waals surface area contributed by atoms with Crippen molar-refractivity contribution < 1.29 is 0 Å². The van der Waals surface area contributed by atoms with Crippen molar-refractivity contribution in [3.63, 3.8) is 0 Å². The second-order valence-electron chi connectivity index (χ2n) is 2.16. The van der Waals surface area contributed by atoms with E-state index in [1.54, 1.807) is 16.9 Å². The maximum atomic E-state index is 5.49. The first-order valence-corrected chi connectivity index (χ1v) is 3.81. The first kappa shape index (κ1) is 6.60. The zero-order valence-corrected chi connectivity index (χ0v) is 7.12. The van der Waals surface area contributed by atoms with Crippen molar-refractivity contribution in [1.82, 2.24) is 14.6 Å². The monoisotopic (exact) mass is 212 g/mol. The Morgan fingerprint density at radius 1 is 1.55 bits per heavy atom. The highest BCUT2D eigenvalue weighted by Crippen LogP contribution is 2.10. The van der Waals surface area contributed by atoms with E-state index >= 15 is 0 Å². The Morgan fingerprint density at radius 2 is 2.36 bits per heavy atom. The van der Waals surface area contributed by atoms with E-state index in [9.17, 15) is 0 Å². The summed E-state index contributed by atoms with van der Waals surface area (Å²) in [4.78, 5) is 4.05. The molecule has 2 N–H and O–H groups in total. The molecule has 2 rings (SSSR count). The highest BCUT2D eigenvalue weighted by molar-refractivity contribution is 9.10. The molecule has 0 saturated heterocycles. The molecule has 0 radical (unpaired) electrons. The molecule has 0 aliphatic carbocycles. The number of halogens is 1. The predicted octanol–water partition coefficient (Wildman–Crippen LogP) is 1.07. The van der Waals surface area contributed by atoms with Gasteiger partial charge in [-0.05, 0) is 15.9 Å². The first-order valence-electron chi connectivity index (χ1n) is 3.02. The van der Waals surface area contributed by atoms with Gasteiger partial charge in [-0.25, -0.2) is 9.50 Å². The minimum atomic E-state index is 0.605. The summed E-state index contributed by atoms with van der Waals surface area (Å²) in [6.45, 7) is 0. The fourth-order valence-corrected chi connectivity index (χ4v) is 1.24. The normalized spacial score (nSPS) is 10.6. The summed E-state index contributed by atoms with van der Waals surface area (Å²) in [5, 5.41) is 4.06. The van der Waals surface area contributed by atoms with Gasteiger partial charge in [0, 0.05) is 6.07 Å². The molecule has 0 fully saturated rings. The van der Waals surface area contributed by atoms with E-state index < -0.39 is 0 Å². The number of aromatic nitrogens is 3. The summed E-state index contributed by atoms with van der Waals surface area (Å²) in [6, 6.07) is 1.82. The lowest BCUT2D eigenvalue weighted by Gasteiger charge is -1.92. The Hall–Kier alpha value is -1.10. The van der Waals surface area contributed by atoms with Gasteiger partial charge in [0.25, 0.3) is 0 Å². The van der Waals surface area contributed by atoms with Crippen LogP contribution in [0.15, 0.2) is 23.1 Å². The fraction of sp³-hybridized carbons (Fsp3) is 0. The van der Waals surface area contributed by atoms with Crippen LogP contribution in [0.3, 0.4) is 0 Å². The molecule has 0 amide bonds. The Balaban J connectivity index is 2.82. The quantitative estimate of drug-likeness (QED) is 0.712. The number of nitrogens with two attached hydrogens (primary N) is 1. The summed E-state index contributed by atoms with van der Waals surface area (Å²) in [7, 11) is 0. The van der Waals surface area contributed by atoms with Gasteiger partial charge >= 0.3 is 0 Å². The summed E-state index contributed by atoms with van der Waals surface area (Å²) in [6.07, 6.45) is 3.32. The van der Waals surface area contributed by atoms with E-state index in [0.29, 0.717) is 5.69 Å². The third-order valence-electron chi connectivity index (χ3n) is 1.30. The van der Waals surface area contributed by atoms with Crippen molar-refractivity contribution in [1.29, 1.82) is 0 Å². The number of hydrogen-bond donors (Lipinski definition) is 1. The van der Waals surface area contributed by atoms with Crippen LogP contribution in [0.25, 0.3) is 5.65 Å². The largest absolute Gasteiger partial charge is 0.396 e. The van der Waals surface area contributed by atoms with Crippen LogP contribution in [-0.4, -0.2) is 14.6 Å². The molecule has 0 bridgehead atoms. The van der Waals surface area contributed by atoms with E-state index in [2.05, 4.69) is 26.0 Å². The Bertz CT molecular complexity index is 394. The van der Waals surface area contributed by atoms with Crippen LogP contribution in [0.1, 0.15) is 0 Å². The molecule has 2 aromatic heterocycles. The number of anilines is 1. The van der Waals surface area contributed by atoms with Crippen molar-refractivity contribution in [2.24, 2.45) is 0 Å². The summed E-state index contributed by atoms with van der Waals surface area (Å²) in [5.41, 5.74) is 6.88. The van der Waals surface area contributed by atoms with E-state index in [1.807, 2.05) is 6.07 Å². The standard InChI is InChI=1S/C6H5BrN4/c7-5-1-6-9-2-4(8)3-11(6)10-5/h1-3H,8H2. The predicted molar refractivity (Wildman–Crippen MR) is 45.1 cm³/mol. The number of rotatable bonds is 0. The van der Waals surface area contributed by atoms with Gasteiger partial charge in [0.05, 0.1) is 18.1 Å². The van der Waals surface area contributed by atoms with E-state index in [0.717, 1.165) is 10.3 Å². The number of nitrogens with zero attached hydrogens (tertiary/aromatic N) is 3. The summed E-state index contributed by atoms with van der Waals surface area (Å²) in [5.74, 6) is 0. The molecule has 4 nitrogen and oxygen atoms in total. The molecular formula is C6H5BrN4. The van der Waals surface area contributed by atoms with E-state index in [1.165, 1.54) is 0 Å². The Labute approximate surface area is 71.2 Å². The molecule has 0 spiro atoms. The van der Waals surface area contributed by atoms with E-state index in [-0.39, 0.29) is 0 Å². The van der Waals surface area contributed by atoms with Crippen molar-refractivity contribution in [3.8, 4) is 0 Å². The average molecular weight is 213 g/mol. The molecule has 2 aromatic rings. The van der Waals surface area contributed by atoms with Crippen LogP contribution in [0.4, 0.5) is 5.69 Å². The average Bonchev–Trinajstić information content (AvgIpc) is 2.27. The van der Waals surface area contributed by atoms with Crippen LogP contribution in [0.5, 0.6) is 0 Å². The molecule has 0 aliphatic rings. The van der Waals surface area contributed by atoms with Crippen LogP contribution in [0.2, 0.25) is 0 Å². The van der Waals surface area contributed by atoms with Crippen molar-refractivity contribution in [2.75, 3.05) is 5.73 Å². The molecular weight excluding hydrogens is 208 g/mol. The molecule has 0 aromatic carbocycles. The van der Waals surface area contributed by atoms with Crippen LogP contribution in [-0.2, 0) is 0 Å². The molecule has 11 heavy (non-hydrogen) atoms. The van der Waals surface area contributed by atoms with Crippen LogP contribution >= 0.6 is 15.9 Å². The van der Waals surface area contributed by atoms with Crippen molar-refractivity contribution >= 4 is 27.3 Å². The smallest absolute Gasteiger partial charge is 0.156 e. The second-order valence-corrected chi connectivity index (χ2v) is 2.97. The summed E-state index contributed by atoms with van der Waals surface area (Å²) < 4.78 is 2.38. The zero-order valence-electron chi connectivity index (χ0n) is 5.53. The van der Waals surface area contributed by atoms with Gasteiger partial charge in [0.2, 0.25) is 0 Å². The molecule has 2 heterocycles. The van der Waals surface area contributed by atoms with Gasteiger partial charge in [-0.2, -0.15) is 5.10 Å². The van der Waals surface area contributed by atoms with Crippen LogP contribution < -0.4 is 5.73 Å². The minimum absolute atomic E-state index is 0.605. The zero-order chi connectivity index (χ0) is 7.84. The lowest BCUT2D eigenvalue weighted by atomic mass is 10.5. The SMILES string of the molecule is Nc1cnc2cc(Br)nn2c1. The van der Waals surface area contributed by atoms with Gasteiger partial charge in [0.1, 0.15) is 4.60 Å². The van der Waals surface area contributed by atoms with Gasteiger partial charge in [-0.3, -0.25) is 0 Å². The van der Waals surface area contributed by atoms with Gasteiger partial charge in [0.15, 0.2) is 5.65 Å². The van der Waals surface area contributed by atoms with Crippen molar-refractivity contribution in [2.45, 2.75) is 0 Å². The summed E-state index contributed by atoms with van der Waals surface area (Å²) >= 11 is 3.24. The Morgan fingerprint density at radius 3 is 3.18 bits per heavy atom. The molecule has 0 saturated carbocycles. The van der Waals surface area contributed by atoms with Gasteiger partial charge in [-0.1, -0.05) is 0 Å².